The molecule has 0 unspecified atom stereocenters. The zero-order valence-electron chi connectivity index (χ0n) is 13.3. The Hall–Kier alpha value is -2.86. The number of non-ortho nitro benzene ring substituents is 1. The van der Waals surface area contributed by atoms with E-state index < -0.39 is 10.6 Å². The molecule has 3 rings (SSSR count). The van der Waals surface area contributed by atoms with E-state index in [1.165, 1.54) is 12.1 Å². The van der Waals surface area contributed by atoms with Gasteiger partial charge in [-0.1, -0.05) is 18.0 Å². The van der Waals surface area contributed by atoms with Gasteiger partial charge in [-0.25, -0.2) is 4.99 Å². The maximum absolute atomic E-state index is 11.0. The van der Waals surface area contributed by atoms with Crippen LogP contribution in [0.4, 0.5) is 11.4 Å². The molecule has 1 aliphatic heterocycles. The first-order valence-electron chi connectivity index (χ1n) is 7.76. The highest BCUT2D eigenvalue weighted by Gasteiger charge is 2.44. The van der Waals surface area contributed by atoms with Gasteiger partial charge < -0.3 is 11.5 Å². The third kappa shape index (κ3) is 2.85. The highest BCUT2D eigenvalue weighted by Crippen LogP contribution is 2.44. The molecular weight excluding hydrogens is 346 g/mol. The molecule has 1 saturated carbocycles. The average molecular weight is 362 g/mol. The van der Waals surface area contributed by atoms with Gasteiger partial charge in [0.2, 0.25) is 11.9 Å². The van der Waals surface area contributed by atoms with Crippen LogP contribution in [0.15, 0.2) is 22.1 Å². The van der Waals surface area contributed by atoms with E-state index in [9.17, 15) is 15.4 Å². The number of nitriles is 1. The summed E-state index contributed by atoms with van der Waals surface area (Å²) >= 11 is 6.31. The van der Waals surface area contributed by atoms with Crippen molar-refractivity contribution in [1.29, 1.82) is 5.26 Å². The Labute approximate surface area is 148 Å². The van der Waals surface area contributed by atoms with Gasteiger partial charge in [0.1, 0.15) is 11.7 Å². The van der Waals surface area contributed by atoms with Gasteiger partial charge in [-0.15, -0.1) is 0 Å². The lowest BCUT2D eigenvalue weighted by Crippen LogP contribution is -2.58. The smallest absolute Gasteiger partial charge is 0.272 e. The molecule has 0 radical (unpaired) electrons. The molecule has 9 nitrogen and oxygen atoms in total. The molecule has 0 atom stereocenters. The zero-order chi connectivity index (χ0) is 18.2. The summed E-state index contributed by atoms with van der Waals surface area (Å²) in [5, 5.41) is 20.6. The van der Waals surface area contributed by atoms with Gasteiger partial charge in [0, 0.05) is 12.1 Å². The summed E-state index contributed by atoms with van der Waals surface area (Å²) in [6, 6.07) is 4.33. The molecule has 130 valence electrons. The van der Waals surface area contributed by atoms with Gasteiger partial charge in [0.15, 0.2) is 0 Å². The van der Waals surface area contributed by atoms with E-state index in [0.29, 0.717) is 12.8 Å². The lowest BCUT2D eigenvalue weighted by atomic mass is 9.87. The lowest BCUT2D eigenvalue weighted by molar-refractivity contribution is -0.384. The molecule has 1 aliphatic carbocycles. The molecule has 0 saturated heterocycles. The number of nitrogens with two attached hydrogens (primary N) is 2. The molecule has 0 amide bonds. The molecule has 0 aromatic heterocycles. The van der Waals surface area contributed by atoms with Gasteiger partial charge in [-0.2, -0.15) is 10.3 Å². The maximum Gasteiger partial charge on any atom is 0.272 e. The highest BCUT2D eigenvalue weighted by atomic mass is 35.5. The van der Waals surface area contributed by atoms with Gasteiger partial charge in [-0.3, -0.25) is 15.0 Å². The molecule has 2 aliphatic rings. The average Bonchev–Trinajstić information content (AvgIpc) is 2.55. The van der Waals surface area contributed by atoms with Crippen LogP contribution in [0.1, 0.15) is 37.7 Å². The molecule has 10 heteroatoms. The van der Waals surface area contributed by atoms with Gasteiger partial charge in [0.25, 0.3) is 5.69 Å². The monoisotopic (exact) mass is 361 g/mol. The predicted octanol–water partition coefficient (Wildman–Crippen LogP) is 2.23. The van der Waals surface area contributed by atoms with Crippen molar-refractivity contribution in [2.75, 3.05) is 4.90 Å². The van der Waals surface area contributed by atoms with Crippen LogP contribution in [0.3, 0.4) is 0 Å². The van der Waals surface area contributed by atoms with E-state index >= 15 is 0 Å². The number of anilines is 1. The second-order valence-electron chi connectivity index (χ2n) is 6.01. The van der Waals surface area contributed by atoms with Crippen molar-refractivity contribution in [1.82, 2.24) is 0 Å². The number of nitro benzene ring substituents is 1. The molecule has 4 N–H and O–H groups in total. The van der Waals surface area contributed by atoms with Gasteiger partial charge >= 0.3 is 0 Å². The van der Waals surface area contributed by atoms with E-state index in [2.05, 4.69) is 9.98 Å². The quantitative estimate of drug-likeness (QED) is 0.609. The van der Waals surface area contributed by atoms with E-state index in [4.69, 9.17) is 23.1 Å². The Kier molecular flexibility index (Phi) is 4.22. The summed E-state index contributed by atoms with van der Waals surface area (Å²) in [5.74, 6) is 0.147. The minimum atomic E-state index is -0.778. The van der Waals surface area contributed by atoms with Crippen molar-refractivity contribution >= 4 is 34.9 Å². The van der Waals surface area contributed by atoms with Crippen LogP contribution in [-0.2, 0) is 0 Å². The SMILES string of the molecule is N#Cc1cc([N+](=O)[O-])cc(Cl)c1N1C(N)=NC(N)=NC12CCCCC2. The largest absolute Gasteiger partial charge is 0.369 e. The van der Waals surface area contributed by atoms with Crippen molar-refractivity contribution in [2.45, 2.75) is 37.8 Å². The lowest BCUT2D eigenvalue weighted by Gasteiger charge is -2.46. The number of guanidine groups is 2. The Morgan fingerprint density at radius 3 is 2.60 bits per heavy atom. The number of benzene rings is 1. The maximum atomic E-state index is 11.0. The molecular formula is C15H16ClN7O2. The molecule has 1 fully saturated rings. The minimum Gasteiger partial charge on any atom is -0.369 e. The number of halogens is 1. The Morgan fingerprint density at radius 1 is 1.32 bits per heavy atom. The van der Waals surface area contributed by atoms with E-state index in [1.54, 1.807) is 4.90 Å². The van der Waals surface area contributed by atoms with Crippen LogP contribution in [-0.4, -0.2) is 22.5 Å². The van der Waals surface area contributed by atoms with Gasteiger partial charge in [-0.05, 0) is 25.7 Å². The third-order valence-electron chi connectivity index (χ3n) is 4.45. The van der Waals surface area contributed by atoms with E-state index in [-0.39, 0.29) is 33.9 Å². The Bertz CT molecular complexity index is 837. The van der Waals surface area contributed by atoms with Crippen molar-refractivity contribution in [2.24, 2.45) is 21.5 Å². The number of hydrogen-bond donors (Lipinski definition) is 2. The van der Waals surface area contributed by atoms with Crippen molar-refractivity contribution in [3.8, 4) is 6.07 Å². The third-order valence-corrected chi connectivity index (χ3v) is 4.74. The first-order chi connectivity index (χ1) is 11.9. The highest BCUT2D eigenvalue weighted by molar-refractivity contribution is 6.34. The second-order valence-corrected chi connectivity index (χ2v) is 6.42. The second kappa shape index (κ2) is 6.22. The number of nitro groups is 1. The van der Waals surface area contributed by atoms with Crippen molar-refractivity contribution < 1.29 is 4.92 Å². The van der Waals surface area contributed by atoms with Crippen LogP contribution in [0.25, 0.3) is 0 Å². The summed E-state index contributed by atoms with van der Waals surface area (Å²) in [4.78, 5) is 20.6. The first kappa shape index (κ1) is 17.0. The van der Waals surface area contributed by atoms with Crippen LogP contribution in [0.2, 0.25) is 5.02 Å². The molecule has 1 aromatic rings. The zero-order valence-corrected chi connectivity index (χ0v) is 14.0. The fourth-order valence-electron chi connectivity index (χ4n) is 3.45. The number of nitrogens with zero attached hydrogens (tertiary/aromatic N) is 5. The number of rotatable bonds is 2. The standard InChI is InChI=1S/C15H16ClN7O2/c16-11-7-10(23(24)25)6-9(8-17)12(11)22-14(19)20-13(18)21-15(22)4-2-1-3-5-15/h6-7H,1-5H2,(H4,18,19,20,21). The van der Waals surface area contributed by atoms with Crippen LogP contribution in [0, 0.1) is 21.4 Å². The molecule has 1 aromatic carbocycles. The van der Waals surface area contributed by atoms with E-state index in [0.717, 1.165) is 19.3 Å². The predicted molar refractivity (Wildman–Crippen MR) is 94.4 cm³/mol. The van der Waals surface area contributed by atoms with Crippen LogP contribution < -0.4 is 16.4 Å². The van der Waals surface area contributed by atoms with Crippen LogP contribution >= 0.6 is 11.6 Å². The Balaban J connectivity index is 2.21. The molecule has 25 heavy (non-hydrogen) atoms. The van der Waals surface area contributed by atoms with Gasteiger partial charge in [0.05, 0.1) is 21.2 Å². The Morgan fingerprint density at radius 2 is 2.00 bits per heavy atom. The number of hydrogen-bond acceptors (Lipinski definition) is 8. The van der Waals surface area contributed by atoms with Crippen LogP contribution in [0.5, 0.6) is 0 Å². The fraction of sp³-hybridized carbons (Fsp3) is 0.400. The minimum absolute atomic E-state index is 0.0398. The fourth-order valence-corrected chi connectivity index (χ4v) is 3.75. The molecule has 1 spiro atoms. The number of aliphatic imine (C=N–C) groups is 2. The summed E-state index contributed by atoms with van der Waals surface area (Å²) < 4.78 is 0. The normalized spacial score (nSPS) is 19.1. The first-order valence-corrected chi connectivity index (χ1v) is 8.13. The summed E-state index contributed by atoms with van der Waals surface area (Å²) in [7, 11) is 0. The molecule has 0 bridgehead atoms. The summed E-state index contributed by atoms with van der Waals surface area (Å²) in [6.07, 6.45) is 4.21. The van der Waals surface area contributed by atoms with Crippen molar-refractivity contribution in [3.63, 3.8) is 0 Å². The van der Waals surface area contributed by atoms with E-state index in [1.807, 2.05) is 6.07 Å². The summed E-state index contributed by atoms with van der Waals surface area (Å²) in [5.41, 5.74) is 11.2. The van der Waals surface area contributed by atoms with Crippen molar-refractivity contribution in [3.05, 3.63) is 32.8 Å². The topological polar surface area (TPSA) is 147 Å². The summed E-state index contributed by atoms with van der Waals surface area (Å²) in [6.45, 7) is 0. The molecule has 1 heterocycles.